The molecule has 4 rings (SSSR count). The zero-order chi connectivity index (χ0) is 24.1. The van der Waals surface area contributed by atoms with Crippen LogP contribution in [0, 0.1) is 17.5 Å². The van der Waals surface area contributed by atoms with Crippen molar-refractivity contribution >= 4 is 12.2 Å². The summed E-state index contributed by atoms with van der Waals surface area (Å²) in [6, 6.07) is 21.3. The van der Waals surface area contributed by atoms with Crippen LogP contribution < -0.4 is 4.74 Å². The van der Waals surface area contributed by atoms with Crippen LogP contribution in [0.25, 0.3) is 34.4 Å². The summed E-state index contributed by atoms with van der Waals surface area (Å²) in [6.07, 6.45) is 3.40. The SMILES string of the molecule is CCOc1ccc(C=Cc2ccc(-c3ccc(-c4ccc(CO)cc4)c(F)c3F)cc2)c(F)c1. The predicted octanol–water partition coefficient (Wildman–Crippen LogP) is 7.50. The molecular weight excluding hydrogens is 437 g/mol. The molecule has 4 aromatic rings. The van der Waals surface area contributed by atoms with Gasteiger partial charge in [0.1, 0.15) is 11.6 Å². The van der Waals surface area contributed by atoms with Gasteiger partial charge in [-0.05, 0) is 41.3 Å². The summed E-state index contributed by atoms with van der Waals surface area (Å²) in [4.78, 5) is 0. The fourth-order valence-corrected chi connectivity index (χ4v) is 3.64. The molecule has 0 atom stereocenters. The third-order valence-electron chi connectivity index (χ3n) is 5.49. The molecule has 0 unspecified atom stereocenters. The van der Waals surface area contributed by atoms with E-state index in [0.29, 0.717) is 34.6 Å². The van der Waals surface area contributed by atoms with Gasteiger partial charge in [0.25, 0.3) is 0 Å². The number of halogens is 3. The molecule has 0 heterocycles. The minimum absolute atomic E-state index is 0.115. The van der Waals surface area contributed by atoms with Crippen molar-refractivity contribution in [1.82, 2.24) is 0 Å². The van der Waals surface area contributed by atoms with E-state index in [1.807, 2.05) is 6.92 Å². The number of benzene rings is 4. The minimum Gasteiger partial charge on any atom is -0.494 e. The van der Waals surface area contributed by atoms with E-state index in [9.17, 15) is 13.2 Å². The molecular formula is C29H23F3O2. The standard InChI is InChI=1S/C29H23F3O2/c1-2-34-24-14-13-23(27(30)17-24)12-5-19-3-8-21(9-4-19)25-15-16-26(29(32)28(25)31)22-10-6-20(18-33)7-11-22/h3-17,33H,2,18H2,1H3. The molecule has 0 fully saturated rings. The topological polar surface area (TPSA) is 29.5 Å². The molecule has 0 bridgehead atoms. The van der Waals surface area contributed by atoms with Gasteiger partial charge in [-0.3, -0.25) is 0 Å². The fraction of sp³-hybridized carbons (Fsp3) is 0.103. The second-order valence-electron chi connectivity index (χ2n) is 7.72. The molecule has 2 nitrogen and oxygen atoms in total. The molecule has 4 aromatic carbocycles. The molecule has 0 aliphatic rings. The molecule has 0 radical (unpaired) electrons. The van der Waals surface area contributed by atoms with Crippen LogP contribution in [0.4, 0.5) is 13.2 Å². The third-order valence-corrected chi connectivity index (χ3v) is 5.49. The largest absolute Gasteiger partial charge is 0.494 e. The number of hydrogen-bond acceptors (Lipinski definition) is 2. The molecule has 5 heteroatoms. The van der Waals surface area contributed by atoms with Crippen molar-refractivity contribution in [2.24, 2.45) is 0 Å². The van der Waals surface area contributed by atoms with Gasteiger partial charge in [0.15, 0.2) is 11.6 Å². The molecule has 0 aliphatic carbocycles. The lowest BCUT2D eigenvalue weighted by Crippen LogP contribution is -1.94. The van der Waals surface area contributed by atoms with Crippen LogP contribution in [0.3, 0.4) is 0 Å². The van der Waals surface area contributed by atoms with Crippen LogP contribution in [-0.2, 0) is 6.61 Å². The number of ether oxygens (including phenoxy) is 1. The van der Waals surface area contributed by atoms with Crippen molar-refractivity contribution in [3.05, 3.63) is 113 Å². The maximum absolute atomic E-state index is 14.9. The maximum atomic E-state index is 14.9. The molecule has 0 spiro atoms. The van der Waals surface area contributed by atoms with E-state index in [0.717, 1.165) is 5.56 Å². The summed E-state index contributed by atoms with van der Waals surface area (Å²) >= 11 is 0. The van der Waals surface area contributed by atoms with Gasteiger partial charge in [-0.15, -0.1) is 0 Å². The number of rotatable bonds is 7. The van der Waals surface area contributed by atoms with Crippen molar-refractivity contribution < 1.29 is 23.0 Å². The number of aliphatic hydroxyl groups is 1. The zero-order valence-electron chi connectivity index (χ0n) is 18.6. The monoisotopic (exact) mass is 460 g/mol. The Bertz CT molecular complexity index is 1310. The van der Waals surface area contributed by atoms with Crippen LogP contribution in [0.15, 0.2) is 78.9 Å². The van der Waals surface area contributed by atoms with E-state index in [2.05, 4.69) is 0 Å². The first-order chi connectivity index (χ1) is 16.5. The fourth-order valence-electron chi connectivity index (χ4n) is 3.64. The molecule has 0 saturated heterocycles. The van der Waals surface area contributed by atoms with E-state index in [-0.39, 0.29) is 23.6 Å². The Morgan fingerprint density at radius 2 is 1.32 bits per heavy atom. The Morgan fingerprint density at radius 3 is 1.85 bits per heavy atom. The Morgan fingerprint density at radius 1 is 0.735 bits per heavy atom. The molecule has 172 valence electrons. The molecule has 34 heavy (non-hydrogen) atoms. The summed E-state index contributed by atoms with van der Waals surface area (Å²) < 4.78 is 49.2. The van der Waals surface area contributed by atoms with Gasteiger partial charge in [0, 0.05) is 22.8 Å². The summed E-state index contributed by atoms with van der Waals surface area (Å²) in [5.74, 6) is -1.76. The van der Waals surface area contributed by atoms with Crippen LogP contribution >= 0.6 is 0 Å². The van der Waals surface area contributed by atoms with Crippen LogP contribution in [0.1, 0.15) is 23.6 Å². The van der Waals surface area contributed by atoms with Crippen molar-refractivity contribution in [3.63, 3.8) is 0 Å². The highest BCUT2D eigenvalue weighted by Crippen LogP contribution is 2.32. The normalized spacial score (nSPS) is 11.2. The molecule has 0 aliphatic heterocycles. The Hall–Kier alpha value is -3.83. The van der Waals surface area contributed by atoms with E-state index in [1.165, 1.54) is 6.07 Å². The van der Waals surface area contributed by atoms with E-state index >= 15 is 0 Å². The van der Waals surface area contributed by atoms with Gasteiger partial charge < -0.3 is 9.84 Å². The van der Waals surface area contributed by atoms with Gasteiger partial charge in [-0.1, -0.05) is 72.8 Å². The smallest absolute Gasteiger partial charge is 0.167 e. The summed E-state index contributed by atoms with van der Waals surface area (Å²) in [7, 11) is 0. The first-order valence-corrected chi connectivity index (χ1v) is 10.9. The van der Waals surface area contributed by atoms with Gasteiger partial charge in [-0.25, -0.2) is 13.2 Å². The first-order valence-electron chi connectivity index (χ1n) is 10.9. The van der Waals surface area contributed by atoms with Gasteiger partial charge in [0.05, 0.1) is 13.2 Å². The summed E-state index contributed by atoms with van der Waals surface area (Å²) in [5.41, 5.74) is 3.27. The Balaban J connectivity index is 1.54. The Kier molecular flexibility index (Phi) is 7.14. The summed E-state index contributed by atoms with van der Waals surface area (Å²) in [6.45, 7) is 2.18. The highest BCUT2D eigenvalue weighted by Gasteiger charge is 2.16. The lowest BCUT2D eigenvalue weighted by molar-refractivity contribution is 0.282. The predicted molar refractivity (Wildman–Crippen MR) is 130 cm³/mol. The highest BCUT2D eigenvalue weighted by atomic mass is 19.2. The second kappa shape index (κ2) is 10.4. The first kappa shape index (κ1) is 23.3. The van der Waals surface area contributed by atoms with Gasteiger partial charge in [0.2, 0.25) is 0 Å². The van der Waals surface area contributed by atoms with Gasteiger partial charge in [-0.2, -0.15) is 0 Å². The molecule has 0 aromatic heterocycles. The maximum Gasteiger partial charge on any atom is 0.167 e. The highest BCUT2D eigenvalue weighted by molar-refractivity contribution is 5.75. The molecule has 1 N–H and O–H groups in total. The number of hydrogen-bond donors (Lipinski definition) is 1. The lowest BCUT2D eigenvalue weighted by Gasteiger charge is -2.10. The molecule has 0 amide bonds. The van der Waals surface area contributed by atoms with Crippen LogP contribution in [0.2, 0.25) is 0 Å². The zero-order valence-corrected chi connectivity index (χ0v) is 18.6. The van der Waals surface area contributed by atoms with Gasteiger partial charge >= 0.3 is 0 Å². The lowest BCUT2D eigenvalue weighted by atomic mass is 9.97. The Labute approximate surface area is 196 Å². The van der Waals surface area contributed by atoms with E-state index in [4.69, 9.17) is 9.84 Å². The second-order valence-corrected chi connectivity index (χ2v) is 7.72. The van der Waals surface area contributed by atoms with Crippen molar-refractivity contribution in [2.75, 3.05) is 6.61 Å². The van der Waals surface area contributed by atoms with E-state index in [1.54, 1.807) is 84.9 Å². The van der Waals surface area contributed by atoms with Crippen LogP contribution in [-0.4, -0.2) is 11.7 Å². The van der Waals surface area contributed by atoms with E-state index < -0.39 is 11.6 Å². The number of aliphatic hydroxyl groups excluding tert-OH is 1. The van der Waals surface area contributed by atoms with Crippen molar-refractivity contribution in [2.45, 2.75) is 13.5 Å². The average Bonchev–Trinajstić information content (AvgIpc) is 2.86. The van der Waals surface area contributed by atoms with Crippen LogP contribution in [0.5, 0.6) is 5.75 Å². The van der Waals surface area contributed by atoms with Crippen molar-refractivity contribution in [3.8, 4) is 28.0 Å². The van der Waals surface area contributed by atoms with Crippen molar-refractivity contribution in [1.29, 1.82) is 0 Å². The quantitative estimate of drug-likeness (QED) is 0.289. The summed E-state index contributed by atoms with van der Waals surface area (Å²) in [5, 5.41) is 9.15. The third kappa shape index (κ3) is 5.05. The molecule has 0 saturated carbocycles. The average molecular weight is 460 g/mol. The minimum atomic E-state index is -0.927.